The van der Waals surface area contributed by atoms with Crippen molar-refractivity contribution in [2.75, 3.05) is 33.5 Å². The molecule has 82 valence electrons. The van der Waals surface area contributed by atoms with Crippen molar-refractivity contribution in [1.29, 1.82) is 0 Å². The van der Waals surface area contributed by atoms with Gasteiger partial charge in [0, 0.05) is 7.05 Å². The predicted octanol–water partition coefficient (Wildman–Crippen LogP) is -0.759. The molecule has 1 fully saturated rings. The number of carbonyl (C=O) groups is 1. The van der Waals surface area contributed by atoms with Crippen LogP contribution in [0.4, 0.5) is 0 Å². The van der Waals surface area contributed by atoms with Gasteiger partial charge in [0.1, 0.15) is 0 Å². The van der Waals surface area contributed by atoms with E-state index in [0.717, 1.165) is 0 Å². The highest BCUT2D eigenvalue weighted by atomic mass is 16.6. The summed E-state index contributed by atoms with van der Waals surface area (Å²) < 4.78 is 10.4. The molecule has 1 rings (SSSR count). The van der Waals surface area contributed by atoms with Crippen molar-refractivity contribution in [3.8, 4) is 0 Å². The molecule has 14 heavy (non-hydrogen) atoms. The van der Waals surface area contributed by atoms with Crippen molar-refractivity contribution in [3.63, 3.8) is 0 Å². The predicted molar refractivity (Wildman–Crippen MR) is 49.9 cm³/mol. The number of hydrogen-bond acceptors (Lipinski definition) is 4. The first-order valence-electron chi connectivity index (χ1n) is 4.73. The summed E-state index contributed by atoms with van der Waals surface area (Å²) in [5, 5.41) is 8.89. The summed E-state index contributed by atoms with van der Waals surface area (Å²) >= 11 is 0. The molecule has 0 saturated carbocycles. The molecule has 2 unspecified atom stereocenters. The molecule has 0 bridgehead atoms. The van der Waals surface area contributed by atoms with Gasteiger partial charge in [0.25, 0.3) is 5.91 Å². The van der Waals surface area contributed by atoms with Crippen LogP contribution in [-0.4, -0.2) is 61.5 Å². The maximum absolute atomic E-state index is 11.7. The zero-order valence-electron chi connectivity index (χ0n) is 8.60. The van der Waals surface area contributed by atoms with Crippen LogP contribution in [0.3, 0.4) is 0 Å². The Labute approximate surface area is 83.6 Å². The van der Waals surface area contributed by atoms with Crippen LogP contribution in [0.15, 0.2) is 0 Å². The molecule has 5 heteroatoms. The fraction of sp³-hybridized carbons (Fsp3) is 0.889. The first-order valence-corrected chi connectivity index (χ1v) is 4.73. The molecule has 2 atom stereocenters. The fourth-order valence-electron chi connectivity index (χ4n) is 1.20. The number of rotatable bonds is 3. The maximum Gasteiger partial charge on any atom is 0.254 e. The van der Waals surface area contributed by atoms with Gasteiger partial charge in [0.2, 0.25) is 0 Å². The lowest BCUT2D eigenvalue weighted by Crippen LogP contribution is -2.47. The van der Waals surface area contributed by atoms with Crippen LogP contribution in [0.25, 0.3) is 0 Å². The van der Waals surface area contributed by atoms with Gasteiger partial charge in [-0.3, -0.25) is 4.79 Å². The third kappa shape index (κ3) is 2.67. The minimum atomic E-state index is -0.511. The summed E-state index contributed by atoms with van der Waals surface area (Å²) in [4.78, 5) is 13.2. The van der Waals surface area contributed by atoms with Crippen molar-refractivity contribution >= 4 is 5.91 Å². The highest BCUT2D eigenvalue weighted by Gasteiger charge is 2.27. The van der Waals surface area contributed by atoms with Crippen molar-refractivity contribution in [1.82, 2.24) is 4.90 Å². The van der Waals surface area contributed by atoms with E-state index in [9.17, 15) is 4.79 Å². The van der Waals surface area contributed by atoms with Gasteiger partial charge in [-0.25, -0.2) is 0 Å². The van der Waals surface area contributed by atoms with Gasteiger partial charge >= 0.3 is 0 Å². The summed E-state index contributed by atoms with van der Waals surface area (Å²) in [5.74, 6) is -0.133. The Balaban J connectivity index is 2.46. The van der Waals surface area contributed by atoms with Crippen LogP contribution in [-0.2, 0) is 14.3 Å². The standard InChI is InChI=1S/C9H17NO4/c1-7(5-11)10(2)9(12)8-6-13-3-4-14-8/h7-8,11H,3-6H2,1-2H3. The largest absolute Gasteiger partial charge is 0.394 e. The van der Waals surface area contributed by atoms with Crippen molar-refractivity contribution < 1.29 is 19.4 Å². The quantitative estimate of drug-likeness (QED) is 0.655. The van der Waals surface area contributed by atoms with E-state index in [1.54, 1.807) is 14.0 Å². The minimum Gasteiger partial charge on any atom is -0.394 e. The monoisotopic (exact) mass is 203 g/mol. The first-order chi connectivity index (χ1) is 6.66. The lowest BCUT2D eigenvalue weighted by molar-refractivity contribution is -0.159. The first kappa shape index (κ1) is 11.4. The molecule has 1 aliphatic heterocycles. The molecule has 1 aliphatic rings. The van der Waals surface area contributed by atoms with E-state index in [1.165, 1.54) is 4.90 Å². The molecule has 0 spiro atoms. The van der Waals surface area contributed by atoms with Crippen LogP contribution in [0.1, 0.15) is 6.92 Å². The molecule has 1 heterocycles. The Hall–Kier alpha value is -0.650. The smallest absolute Gasteiger partial charge is 0.254 e. The Kier molecular flexibility index (Phi) is 4.31. The topological polar surface area (TPSA) is 59.0 Å². The molecule has 1 N–H and O–H groups in total. The maximum atomic E-state index is 11.7. The average molecular weight is 203 g/mol. The van der Waals surface area contributed by atoms with Crippen molar-refractivity contribution in [2.24, 2.45) is 0 Å². The highest BCUT2D eigenvalue weighted by molar-refractivity contribution is 5.81. The number of likely N-dealkylation sites (N-methyl/N-ethyl adjacent to an activating group) is 1. The van der Waals surface area contributed by atoms with E-state index in [4.69, 9.17) is 14.6 Å². The molecule has 0 aromatic heterocycles. The molecule has 0 aromatic rings. The SMILES string of the molecule is CC(CO)N(C)C(=O)C1COCCO1. The van der Waals surface area contributed by atoms with E-state index in [1.807, 2.05) is 0 Å². The number of aliphatic hydroxyl groups is 1. The summed E-state index contributed by atoms with van der Waals surface area (Å²) in [6, 6.07) is -0.187. The third-order valence-corrected chi connectivity index (χ3v) is 2.36. The fourth-order valence-corrected chi connectivity index (χ4v) is 1.20. The number of hydrogen-bond donors (Lipinski definition) is 1. The zero-order valence-corrected chi connectivity index (χ0v) is 8.60. The molecule has 0 aromatic carbocycles. The van der Waals surface area contributed by atoms with E-state index < -0.39 is 6.10 Å². The van der Waals surface area contributed by atoms with Gasteiger partial charge in [0.05, 0.1) is 32.5 Å². The normalized spacial score (nSPS) is 24.4. The number of aliphatic hydroxyl groups excluding tert-OH is 1. The second kappa shape index (κ2) is 5.29. The molecule has 1 saturated heterocycles. The van der Waals surface area contributed by atoms with Gasteiger partial charge in [-0.05, 0) is 6.92 Å². The molecule has 0 aliphatic carbocycles. The van der Waals surface area contributed by atoms with Gasteiger partial charge in [0.15, 0.2) is 6.10 Å². The molecule has 5 nitrogen and oxygen atoms in total. The van der Waals surface area contributed by atoms with E-state index in [2.05, 4.69) is 0 Å². The van der Waals surface area contributed by atoms with Crippen LogP contribution < -0.4 is 0 Å². The Morgan fingerprint density at radius 3 is 2.86 bits per heavy atom. The van der Waals surface area contributed by atoms with Gasteiger partial charge in [-0.15, -0.1) is 0 Å². The Morgan fingerprint density at radius 2 is 2.36 bits per heavy atom. The lowest BCUT2D eigenvalue weighted by atomic mass is 10.2. The highest BCUT2D eigenvalue weighted by Crippen LogP contribution is 2.06. The molecular weight excluding hydrogens is 186 g/mol. The third-order valence-electron chi connectivity index (χ3n) is 2.36. The minimum absolute atomic E-state index is 0.0458. The average Bonchev–Trinajstić information content (AvgIpc) is 2.27. The molecule has 0 radical (unpaired) electrons. The van der Waals surface area contributed by atoms with Crippen molar-refractivity contribution in [2.45, 2.75) is 19.1 Å². The summed E-state index contributed by atoms with van der Waals surface area (Å²) in [5.41, 5.74) is 0. The van der Waals surface area contributed by atoms with Gasteiger partial charge < -0.3 is 19.5 Å². The van der Waals surface area contributed by atoms with Crippen LogP contribution in [0.5, 0.6) is 0 Å². The number of ether oxygens (including phenoxy) is 2. The van der Waals surface area contributed by atoms with Crippen LogP contribution in [0.2, 0.25) is 0 Å². The zero-order chi connectivity index (χ0) is 10.6. The number of carbonyl (C=O) groups excluding carboxylic acids is 1. The van der Waals surface area contributed by atoms with E-state index >= 15 is 0 Å². The Morgan fingerprint density at radius 1 is 1.64 bits per heavy atom. The second-order valence-electron chi connectivity index (χ2n) is 3.42. The number of amides is 1. The van der Waals surface area contributed by atoms with Gasteiger partial charge in [-0.1, -0.05) is 0 Å². The van der Waals surface area contributed by atoms with Crippen LogP contribution >= 0.6 is 0 Å². The Bertz CT molecular complexity index is 187. The van der Waals surface area contributed by atoms with Gasteiger partial charge in [-0.2, -0.15) is 0 Å². The summed E-state index contributed by atoms with van der Waals surface area (Å²) in [7, 11) is 1.65. The van der Waals surface area contributed by atoms with Crippen LogP contribution in [0, 0.1) is 0 Å². The summed E-state index contributed by atoms with van der Waals surface area (Å²) in [6.07, 6.45) is -0.511. The second-order valence-corrected chi connectivity index (χ2v) is 3.42. The number of nitrogens with zero attached hydrogens (tertiary/aromatic N) is 1. The van der Waals surface area contributed by atoms with Crippen molar-refractivity contribution in [3.05, 3.63) is 0 Å². The summed E-state index contributed by atoms with van der Waals surface area (Å²) in [6.45, 7) is 3.04. The molecule has 1 amide bonds. The van der Waals surface area contributed by atoms with E-state index in [0.29, 0.717) is 19.8 Å². The van der Waals surface area contributed by atoms with E-state index in [-0.39, 0.29) is 18.6 Å². The lowest BCUT2D eigenvalue weighted by Gasteiger charge is -2.29. The molecular formula is C9H17NO4.